The predicted octanol–water partition coefficient (Wildman–Crippen LogP) is 13.2. The summed E-state index contributed by atoms with van der Waals surface area (Å²) >= 11 is 3.73. The molecule has 45 heavy (non-hydrogen) atoms. The molecule has 0 radical (unpaired) electrons. The van der Waals surface area contributed by atoms with Crippen LogP contribution in [0.25, 0.3) is 64.6 Å². The average molecular weight is 615 g/mol. The van der Waals surface area contributed by atoms with Crippen LogP contribution in [-0.2, 0) is 0 Å². The summed E-state index contributed by atoms with van der Waals surface area (Å²) in [6, 6.07) is 43.4. The van der Waals surface area contributed by atoms with E-state index in [1.54, 1.807) is 0 Å². The Kier molecular flexibility index (Phi) is 7.06. The maximum absolute atomic E-state index is 6.14. The summed E-state index contributed by atoms with van der Waals surface area (Å²) in [5.74, 6) is 1.65. The van der Waals surface area contributed by atoms with Crippen molar-refractivity contribution in [2.75, 3.05) is 0 Å². The van der Waals surface area contributed by atoms with E-state index in [9.17, 15) is 0 Å². The van der Waals surface area contributed by atoms with Crippen LogP contribution in [0.5, 0.6) is 11.5 Å². The summed E-state index contributed by atoms with van der Waals surface area (Å²) < 4.78 is 11.5. The van der Waals surface area contributed by atoms with Gasteiger partial charge in [0.1, 0.15) is 11.5 Å². The van der Waals surface area contributed by atoms with E-state index in [1.807, 2.05) is 46.9 Å². The smallest absolute Gasteiger partial charge is 0.127 e. The van der Waals surface area contributed by atoms with E-state index >= 15 is 0 Å². The lowest BCUT2D eigenvalue weighted by atomic mass is 10.1. The normalized spacial score (nSPS) is 12.0. The lowest BCUT2D eigenvalue weighted by Crippen LogP contribution is -1.84. The number of ether oxygens (including phenoxy) is 1. The summed E-state index contributed by atoms with van der Waals surface area (Å²) in [4.78, 5) is 0. The first kappa shape index (κ1) is 27.6. The van der Waals surface area contributed by atoms with Gasteiger partial charge in [-0.15, -0.1) is 22.7 Å². The van der Waals surface area contributed by atoms with Crippen molar-refractivity contribution in [1.29, 1.82) is 0 Å². The summed E-state index contributed by atoms with van der Waals surface area (Å²) in [6.45, 7) is 4.30. The molecule has 0 N–H and O–H groups in total. The van der Waals surface area contributed by atoms with Gasteiger partial charge in [-0.3, -0.25) is 0 Å². The summed E-state index contributed by atoms with van der Waals surface area (Å²) in [7, 11) is 0. The molecular weight excluding hydrogens is 585 g/mol. The molecule has 0 saturated heterocycles. The van der Waals surface area contributed by atoms with E-state index < -0.39 is 0 Å². The zero-order valence-electron chi connectivity index (χ0n) is 25.1. The van der Waals surface area contributed by atoms with Gasteiger partial charge in [0.05, 0.1) is 0 Å². The predicted molar refractivity (Wildman–Crippen MR) is 199 cm³/mol. The van der Waals surface area contributed by atoms with E-state index in [0.29, 0.717) is 0 Å². The highest BCUT2D eigenvalue weighted by Crippen LogP contribution is 2.36. The van der Waals surface area contributed by atoms with Crippen molar-refractivity contribution in [1.82, 2.24) is 0 Å². The van der Waals surface area contributed by atoms with Crippen LogP contribution < -0.4 is 4.74 Å². The molecule has 0 saturated carbocycles. The molecular formula is C42H30OS2. The minimum atomic E-state index is 0.823. The van der Waals surface area contributed by atoms with Crippen molar-refractivity contribution in [3.8, 4) is 11.5 Å². The van der Waals surface area contributed by atoms with Crippen molar-refractivity contribution in [3.05, 3.63) is 155 Å². The van der Waals surface area contributed by atoms with Crippen molar-refractivity contribution < 1.29 is 4.74 Å². The highest BCUT2D eigenvalue weighted by atomic mass is 32.1. The molecule has 0 amide bonds. The zero-order chi connectivity index (χ0) is 30.3. The Balaban J connectivity index is 0.915. The second-order valence-corrected chi connectivity index (χ2v) is 13.8. The van der Waals surface area contributed by atoms with E-state index in [1.165, 1.54) is 62.6 Å². The quantitative estimate of drug-likeness (QED) is 0.169. The maximum Gasteiger partial charge on any atom is 0.127 e. The van der Waals surface area contributed by atoms with E-state index in [-0.39, 0.29) is 0 Å². The van der Waals surface area contributed by atoms with Gasteiger partial charge < -0.3 is 4.74 Å². The fraction of sp³-hybridized carbons (Fsp3) is 0.0476. The molecule has 0 unspecified atom stereocenters. The van der Waals surface area contributed by atoms with E-state index in [2.05, 4.69) is 135 Å². The minimum Gasteiger partial charge on any atom is -0.457 e. The second-order valence-electron chi connectivity index (χ2n) is 11.6. The van der Waals surface area contributed by atoms with Crippen LogP contribution in [0.3, 0.4) is 0 Å². The molecule has 0 spiro atoms. The summed E-state index contributed by atoms with van der Waals surface area (Å²) in [6.07, 6.45) is 8.67. The SMILES string of the molecule is Cc1ccc2c(c1)sc1cc(/C=C/c3ccc(Oc4ccc(/C=C/c5ccc6c(c5)sc5cc(C)ccc56)cc4)cc3)ccc12. The molecule has 1 nitrogen and oxygen atoms in total. The Hall–Kier alpha value is -4.96. The third-order valence-electron chi connectivity index (χ3n) is 8.24. The van der Waals surface area contributed by atoms with Crippen molar-refractivity contribution in [2.45, 2.75) is 13.8 Å². The molecule has 0 aliphatic heterocycles. The van der Waals surface area contributed by atoms with Crippen LogP contribution in [0.2, 0.25) is 0 Å². The Morgan fingerprint density at radius 3 is 1.13 bits per heavy atom. The molecule has 3 heteroatoms. The first-order valence-corrected chi connectivity index (χ1v) is 16.8. The Morgan fingerprint density at radius 2 is 0.711 bits per heavy atom. The molecule has 2 heterocycles. The molecule has 216 valence electrons. The molecule has 0 fully saturated rings. The van der Waals surface area contributed by atoms with E-state index in [4.69, 9.17) is 4.74 Å². The van der Waals surface area contributed by atoms with Gasteiger partial charge in [-0.1, -0.05) is 97.1 Å². The fourth-order valence-corrected chi connectivity index (χ4v) is 8.33. The lowest BCUT2D eigenvalue weighted by molar-refractivity contribution is 0.482. The molecule has 0 aliphatic rings. The zero-order valence-corrected chi connectivity index (χ0v) is 26.7. The van der Waals surface area contributed by atoms with Gasteiger partial charge in [-0.25, -0.2) is 0 Å². The van der Waals surface area contributed by atoms with Crippen LogP contribution in [0, 0.1) is 13.8 Å². The number of rotatable bonds is 6. The standard InChI is InChI=1S/C42H30OS2/c1-27-3-19-35-37-21-13-31(25-41(37)44-39(35)23-27)7-5-29-9-15-33(16-10-29)43-34-17-11-30(12-18-34)6-8-32-14-22-38-36-20-4-28(2)24-40(36)45-42(38)26-32/h3-26H,1-2H3/b7-5+,8-6+. The van der Waals surface area contributed by atoms with Crippen molar-refractivity contribution in [3.63, 3.8) is 0 Å². The number of hydrogen-bond acceptors (Lipinski definition) is 3. The van der Waals surface area contributed by atoms with Crippen LogP contribution in [0.15, 0.2) is 121 Å². The van der Waals surface area contributed by atoms with Gasteiger partial charge in [0.15, 0.2) is 0 Å². The fourth-order valence-electron chi connectivity index (χ4n) is 5.82. The largest absolute Gasteiger partial charge is 0.457 e. The van der Waals surface area contributed by atoms with Crippen molar-refractivity contribution >= 4 is 87.3 Å². The van der Waals surface area contributed by atoms with Gasteiger partial charge >= 0.3 is 0 Å². The first-order valence-electron chi connectivity index (χ1n) is 15.1. The number of benzene rings is 6. The van der Waals surface area contributed by atoms with Crippen LogP contribution in [-0.4, -0.2) is 0 Å². The van der Waals surface area contributed by atoms with Crippen molar-refractivity contribution in [2.24, 2.45) is 0 Å². The number of thiophene rings is 2. The third kappa shape index (κ3) is 5.69. The Morgan fingerprint density at radius 1 is 0.378 bits per heavy atom. The molecule has 0 atom stereocenters. The Labute approximate surface area is 271 Å². The van der Waals surface area contributed by atoms with Crippen LogP contribution in [0.1, 0.15) is 33.4 Å². The molecule has 2 aromatic heterocycles. The topological polar surface area (TPSA) is 9.23 Å². The van der Waals surface area contributed by atoms with Crippen LogP contribution in [0.4, 0.5) is 0 Å². The van der Waals surface area contributed by atoms with Gasteiger partial charge in [0, 0.05) is 40.3 Å². The van der Waals surface area contributed by atoms with Crippen LogP contribution >= 0.6 is 22.7 Å². The number of hydrogen-bond donors (Lipinski definition) is 0. The molecule has 8 aromatic rings. The molecule has 0 aliphatic carbocycles. The number of aryl methyl sites for hydroxylation is 2. The highest BCUT2D eigenvalue weighted by Gasteiger charge is 2.07. The third-order valence-corrected chi connectivity index (χ3v) is 10.5. The number of fused-ring (bicyclic) bond motifs is 6. The molecule has 0 bridgehead atoms. The maximum atomic E-state index is 6.14. The summed E-state index contributed by atoms with van der Waals surface area (Å²) in [5.41, 5.74) is 7.29. The highest BCUT2D eigenvalue weighted by molar-refractivity contribution is 7.26. The van der Waals surface area contributed by atoms with Gasteiger partial charge in [0.2, 0.25) is 0 Å². The molecule has 8 rings (SSSR count). The molecule has 6 aromatic carbocycles. The first-order chi connectivity index (χ1) is 22.0. The summed E-state index contributed by atoms with van der Waals surface area (Å²) in [5, 5.41) is 5.35. The average Bonchev–Trinajstić information content (AvgIpc) is 3.60. The van der Waals surface area contributed by atoms with Gasteiger partial charge in [-0.2, -0.15) is 0 Å². The van der Waals surface area contributed by atoms with E-state index in [0.717, 1.165) is 22.6 Å². The monoisotopic (exact) mass is 614 g/mol. The van der Waals surface area contributed by atoms with Gasteiger partial charge in [-0.05, 0) is 95.8 Å². The van der Waals surface area contributed by atoms with Gasteiger partial charge in [0.25, 0.3) is 0 Å². The second kappa shape index (κ2) is 11.5. The minimum absolute atomic E-state index is 0.823. The lowest BCUT2D eigenvalue weighted by Gasteiger charge is -2.06. The Bertz CT molecular complexity index is 2230.